The van der Waals surface area contributed by atoms with E-state index < -0.39 is 35.3 Å². The number of rotatable bonds is 18. The summed E-state index contributed by atoms with van der Waals surface area (Å²) in [5, 5.41) is 13.3. The van der Waals surface area contributed by atoms with E-state index in [1.54, 1.807) is 58.9 Å². The third-order valence-electron chi connectivity index (χ3n) is 6.35. The number of esters is 1. The third-order valence-corrected chi connectivity index (χ3v) is 6.59. The van der Waals surface area contributed by atoms with Gasteiger partial charge >= 0.3 is 12.0 Å². The van der Waals surface area contributed by atoms with E-state index in [1.807, 2.05) is 0 Å². The lowest BCUT2D eigenvalue weighted by molar-refractivity contribution is -0.154. The molecule has 246 valence electrons. The first kappa shape index (κ1) is 38.2. The van der Waals surface area contributed by atoms with Crippen molar-refractivity contribution in [3.05, 3.63) is 29.8 Å². The second-order valence-corrected chi connectivity index (χ2v) is 12.0. The minimum Gasteiger partial charge on any atom is -0.460 e. The van der Waals surface area contributed by atoms with Crippen molar-refractivity contribution in [1.29, 1.82) is 0 Å². The van der Waals surface area contributed by atoms with E-state index >= 15 is 0 Å². The Bertz CT molecular complexity index is 1120. The topological polar surface area (TPSA) is 198 Å². The molecular formula is C30H47ClN6O7. The van der Waals surface area contributed by atoms with Crippen molar-refractivity contribution in [1.82, 2.24) is 21.3 Å². The van der Waals surface area contributed by atoms with Crippen LogP contribution in [-0.2, 0) is 35.3 Å². The average Bonchev–Trinajstić information content (AvgIpc) is 2.95. The zero-order valence-electron chi connectivity index (χ0n) is 26.2. The van der Waals surface area contributed by atoms with Gasteiger partial charge in [-0.15, -0.1) is 11.6 Å². The molecule has 0 radical (unpaired) electrons. The minimum absolute atomic E-state index is 0.0861. The van der Waals surface area contributed by atoms with Crippen LogP contribution in [0.25, 0.3) is 0 Å². The highest BCUT2D eigenvalue weighted by molar-refractivity contribution is 6.27. The van der Waals surface area contributed by atoms with Gasteiger partial charge in [0.15, 0.2) is 0 Å². The molecule has 0 spiro atoms. The van der Waals surface area contributed by atoms with E-state index in [0.717, 1.165) is 5.56 Å². The smallest absolute Gasteiger partial charge is 0.312 e. The van der Waals surface area contributed by atoms with Crippen LogP contribution in [0, 0.1) is 11.3 Å². The number of benzene rings is 1. The number of carbonyl (C=O) groups excluding carboxylic acids is 6. The summed E-state index contributed by atoms with van der Waals surface area (Å²) in [5.41, 5.74) is 5.70. The molecule has 1 aromatic carbocycles. The summed E-state index contributed by atoms with van der Waals surface area (Å²) in [6, 6.07) is 4.17. The highest BCUT2D eigenvalue weighted by atomic mass is 35.5. The molecule has 0 saturated heterocycles. The lowest BCUT2D eigenvalue weighted by Gasteiger charge is -2.25. The molecular weight excluding hydrogens is 592 g/mol. The standard InChI is InChI=1S/C30H47ClN6O7/c1-19(2)25(37-23(38)10-6-7-15-33-24(39)17-31)27(41)36-22(9-8-16-34-29(32)43)26(40)35-21-13-11-20(12-14-21)18-44-28(42)30(3,4)5/h11-14,19,22,25H,6-10,15-18H2,1-5H3,(H,33,39)(H,35,40)(H,36,41)(H,37,38)(H3,32,34,43)/t22-,25-/m0/s1. The van der Waals surface area contributed by atoms with E-state index in [9.17, 15) is 28.8 Å². The number of amides is 6. The number of ether oxygens (including phenoxy) is 1. The fourth-order valence-electron chi connectivity index (χ4n) is 3.79. The predicted octanol–water partition coefficient (Wildman–Crippen LogP) is 2.31. The number of primary amides is 1. The van der Waals surface area contributed by atoms with Crippen LogP contribution in [-0.4, -0.2) is 66.7 Å². The van der Waals surface area contributed by atoms with Gasteiger partial charge in [0.2, 0.25) is 23.6 Å². The number of halogens is 1. The molecule has 1 rings (SSSR count). The molecule has 0 saturated carbocycles. The highest BCUT2D eigenvalue weighted by Crippen LogP contribution is 2.18. The number of hydrogen-bond acceptors (Lipinski definition) is 7. The molecule has 0 unspecified atom stereocenters. The van der Waals surface area contributed by atoms with Crippen molar-refractivity contribution >= 4 is 52.9 Å². The molecule has 0 aliphatic rings. The van der Waals surface area contributed by atoms with Crippen LogP contribution in [0.5, 0.6) is 0 Å². The molecule has 0 fully saturated rings. The molecule has 13 nitrogen and oxygen atoms in total. The van der Waals surface area contributed by atoms with Gasteiger partial charge in [-0.05, 0) is 70.1 Å². The Hall–Kier alpha value is -3.87. The molecule has 0 bridgehead atoms. The van der Waals surface area contributed by atoms with Crippen molar-refractivity contribution in [3.63, 3.8) is 0 Å². The maximum Gasteiger partial charge on any atom is 0.312 e. The first-order valence-electron chi connectivity index (χ1n) is 14.7. The molecule has 14 heteroatoms. The third kappa shape index (κ3) is 15.6. The molecule has 0 aliphatic carbocycles. The van der Waals surface area contributed by atoms with Gasteiger partial charge in [0.1, 0.15) is 24.6 Å². The van der Waals surface area contributed by atoms with E-state index in [0.29, 0.717) is 31.5 Å². The summed E-state index contributed by atoms with van der Waals surface area (Å²) < 4.78 is 5.32. The van der Waals surface area contributed by atoms with Crippen molar-refractivity contribution in [3.8, 4) is 0 Å². The fraction of sp³-hybridized carbons (Fsp3) is 0.600. The van der Waals surface area contributed by atoms with Crippen molar-refractivity contribution in [2.45, 2.75) is 85.4 Å². The number of urea groups is 1. The first-order valence-corrected chi connectivity index (χ1v) is 15.2. The largest absolute Gasteiger partial charge is 0.460 e. The summed E-state index contributed by atoms with van der Waals surface area (Å²) in [4.78, 5) is 73.3. The summed E-state index contributed by atoms with van der Waals surface area (Å²) in [7, 11) is 0. The molecule has 2 atom stereocenters. The molecule has 6 amide bonds. The van der Waals surface area contributed by atoms with E-state index in [4.69, 9.17) is 22.1 Å². The Morgan fingerprint density at radius 1 is 0.864 bits per heavy atom. The van der Waals surface area contributed by atoms with E-state index in [1.165, 1.54) is 0 Å². The van der Waals surface area contributed by atoms with Crippen LogP contribution in [0.1, 0.15) is 72.3 Å². The zero-order valence-corrected chi connectivity index (χ0v) is 27.0. The van der Waals surface area contributed by atoms with Crippen LogP contribution < -0.4 is 32.3 Å². The van der Waals surface area contributed by atoms with Gasteiger partial charge in [-0.2, -0.15) is 0 Å². The monoisotopic (exact) mass is 638 g/mol. The lowest BCUT2D eigenvalue weighted by atomic mass is 9.97. The van der Waals surface area contributed by atoms with Gasteiger partial charge in [0.05, 0.1) is 5.41 Å². The maximum absolute atomic E-state index is 13.3. The van der Waals surface area contributed by atoms with Gasteiger partial charge in [0, 0.05) is 25.2 Å². The number of nitrogens with two attached hydrogens (primary N) is 1. The maximum atomic E-state index is 13.3. The van der Waals surface area contributed by atoms with Crippen LogP contribution in [0.4, 0.5) is 10.5 Å². The van der Waals surface area contributed by atoms with Crippen LogP contribution in [0.3, 0.4) is 0 Å². The summed E-state index contributed by atoms with van der Waals surface area (Å²) in [6.07, 6.45) is 1.75. The van der Waals surface area contributed by atoms with Gasteiger partial charge in [-0.1, -0.05) is 26.0 Å². The SMILES string of the molecule is CC(C)[C@H](NC(=O)CCCCNC(=O)CCl)C(=O)N[C@@H](CCCNC(N)=O)C(=O)Nc1ccc(COC(=O)C(C)(C)C)cc1. The number of hydrogen-bond donors (Lipinski definition) is 6. The lowest BCUT2D eigenvalue weighted by Crippen LogP contribution is -2.54. The number of unbranched alkanes of at least 4 members (excludes halogenated alkanes) is 1. The van der Waals surface area contributed by atoms with Crippen molar-refractivity contribution in [2.24, 2.45) is 17.1 Å². The fourth-order valence-corrected chi connectivity index (χ4v) is 3.89. The number of carbonyl (C=O) groups is 6. The summed E-state index contributed by atoms with van der Waals surface area (Å²) in [6.45, 7) is 9.52. The first-order chi connectivity index (χ1) is 20.6. The van der Waals surface area contributed by atoms with Crippen LogP contribution in [0.2, 0.25) is 0 Å². The second-order valence-electron chi connectivity index (χ2n) is 11.7. The van der Waals surface area contributed by atoms with Gasteiger partial charge in [-0.3, -0.25) is 24.0 Å². The van der Waals surface area contributed by atoms with E-state index in [-0.39, 0.29) is 55.6 Å². The summed E-state index contributed by atoms with van der Waals surface area (Å²) >= 11 is 5.44. The number of nitrogens with one attached hydrogen (secondary N) is 5. The van der Waals surface area contributed by atoms with Crippen molar-refractivity contribution < 1.29 is 33.5 Å². The van der Waals surface area contributed by atoms with Crippen LogP contribution >= 0.6 is 11.6 Å². The Kier molecular flexibility index (Phi) is 16.8. The Labute approximate surface area is 264 Å². The summed E-state index contributed by atoms with van der Waals surface area (Å²) in [5.74, 6) is -2.37. The number of alkyl halides is 1. The molecule has 1 aromatic rings. The molecule has 0 heterocycles. The van der Waals surface area contributed by atoms with Gasteiger partial charge < -0.3 is 37.1 Å². The highest BCUT2D eigenvalue weighted by Gasteiger charge is 2.29. The molecule has 7 N–H and O–H groups in total. The Balaban J connectivity index is 2.83. The molecule has 44 heavy (non-hydrogen) atoms. The minimum atomic E-state index is -0.978. The molecule has 0 aliphatic heterocycles. The van der Waals surface area contributed by atoms with Gasteiger partial charge in [-0.25, -0.2) is 4.79 Å². The molecule has 0 aromatic heterocycles. The van der Waals surface area contributed by atoms with Crippen molar-refractivity contribution in [2.75, 3.05) is 24.3 Å². The Morgan fingerprint density at radius 3 is 2.07 bits per heavy atom. The quantitative estimate of drug-likeness (QED) is 0.0805. The number of anilines is 1. The van der Waals surface area contributed by atoms with Crippen LogP contribution in [0.15, 0.2) is 24.3 Å². The second kappa shape index (κ2) is 19.4. The Morgan fingerprint density at radius 2 is 1.50 bits per heavy atom. The van der Waals surface area contributed by atoms with Gasteiger partial charge in [0.25, 0.3) is 0 Å². The normalized spacial score (nSPS) is 12.4. The predicted molar refractivity (Wildman–Crippen MR) is 167 cm³/mol. The van der Waals surface area contributed by atoms with E-state index in [2.05, 4.69) is 26.6 Å². The zero-order chi connectivity index (χ0) is 33.3. The average molecular weight is 639 g/mol.